The fourth-order valence-electron chi connectivity index (χ4n) is 3.55. The molecule has 0 aromatic heterocycles. The molecule has 0 saturated carbocycles. The van der Waals surface area contributed by atoms with Crippen molar-refractivity contribution in [2.45, 2.75) is 26.9 Å². The van der Waals surface area contributed by atoms with Crippen LogP contribution in [-0.4, -0.2) is 17.4 Å². The zero-order valence-electron chi connectivity index (χ0n) is 20.7. The van der Waals surface area contributed by atoms with Crippen molar-refractivity contribution in [1.82, 2.24) is 0 Å². The number of amides is 1. The Labute approximate surface area is 215 Å². The van der Waals surface area contributed by atoms with Gasteiger partial charge in [0, 0.05) is 23.4 Å². The SMILES string of the molecule is C=CCc1cc(/C=C(\C#N)C(=O)Nc2cccc([N+](=O)[O-])c2)cc(OCC)c1OCc1ccc(C)cc1. The molecule has 0 radical (unpaired) electrons. The Morgan fingerprint density at radius 2 is 1.92 bits per heavy atom. The number of nitrogens with one attached hydrogen (secondary N) is 1. The number of anilines is 1. The van der Waals surface area contributed by atoms with E-state index in [1.165, 1.54) is 30.3 Å². The van der Waals surface area contributed by atoms with Crippen LogP contribution in [0.5, 0.6) is 11.5 Å². The highest BCUT2D eigenvalue weighted by molar-refractivity contribution is 6.09. The Bertz CT molecular complexity index is 1370. The van der Waals surface area contributed by atoms with E-state index in [9.17, 15) is 20.2 Å². The first kappa shape index (κ1) is 26.7. The average molecular weight is 498 g/mol. The topological polar surface area (TPSA) is 114 Å². The smallest absolute Gasteiger partial charge is 0.271 e. The highest BCUT2D eigenvalue weighted by Crippen LogP contribution is 2.35. The normalized spacial score (nSPS) is 10.8. The molecule has 0 fully saturated rings. The lowest BCUT2D eigenvalue weighted by Crippen LogP contribution is -2.13. The minimum Gasteiger partial charge on any atom is -0.490 e. The van der Waals surface area contributed by atoms with Crippen LogP contribution < -0.4 is 14.8 Å². The highest BCUT2D eigenvalue weighted by Gasteiger charge is 2.16. The van der Waals surface area contributed by atoms with E-state index in [0.29, 0.717) is 36.7 Å². The van der Waals surface area contributed by atoms with Gasteiger partial charge in [0.05, 0.1) is 11.5 Å². The van der Waals surface area contributed by atoms with E-state index in [1.54, 1.807) is 12.1 Å². The van der Waals surface area contributed by atoms with Gasteiger partial charge in [-0.2, -0.15) is 5.26 Å². The van der Waals surface area contributed by atoms with Crippen molar-refractivity contribution in [3.05, 3.63) is 111 Å². The number of nitriles is 1. The second-order valence-corrected chi connectivity index (χ2v) is 8.14. The Hall–Kier alpha value is -4.90. The van der Waals surface area contributed by atoms with Crippen LogP contribution in [0.25, 0.3) is 6.08 Å². The molecular weight excluding hydrogens is 470 g/mol. The van der Waals surface area contributed by atoms with E-state index in [2.05, 4.69) is 11.9 Å². The van der Waals surface area contributed by atoms with Crippen LogP contribution in [0.3, 0.4) is 0 Å². The van der Waals surface area contributed by atoms with Crippen LogP contribution in [0.15, 0.2) is 78.9 Å². The van der Waals surface area contributed by atoms with Crippen molar-refractivity contribution < 1.29 is 19.2 Å². The maximum Gasteiger partial charge on any atom is 0.271 e. The van der Waals surface area contributed by atoms with Crippen molar-refractivity contribution >= 4 is 23.4 Å². The lowest BCUT2D eigenvalue weighted by atomic mass is 10.0. The number of nitrogens with zero attached hydrogens (tertiary/aromatic N) is 2. The molecule has 0 saturated heterocycles. The molecule has 0 spiro atoms. The molecular formula is C29H27N3O5. The highest BCUT2D eigenvalue weighted by atomic mass is 16.6. The standard InChI is InChI=1S/C29H27N3O5/c1-4-7-23-14-22(15-24(18-30)29(33)31-25-8-6-9-26(17-25)32(34)35)16-27(36-5-2)28(23)37-19-21-12-10-20(3)11-13-21/h4,6,8-17H,1,5,7,19H2,2-3H3,(H,31,33)/b24-15+. The Balaban J connectivity index is 1.92. The third kappa shape index (κ3) is 7.29. The van der Waals surface area contributed by atoms with Crippen LogP contribution in [0.4, 0.5) is 11.4 Å². The summed E-state index contributed by atoms with van der Waals surface area (Å²) in [6, 6.07) is 19.0. The summed E-state index contributed by atoms with van der Waals surface area (Å²) in [4.78, 5) is 23.2. The summed E-state index contributed by atoms with van der Waals surface area (Å²) in [5.41, 5.74) is 3.38. The van der Waals surface area contributed by atoms with E-state index in [1.807, 2.05) is 50.2 Å². The maximum absolute atomic E-state index is 12.8. The second-order valence-electron chi connectivity index (χ2n) is 8.14. The van der Waals surface area contributed by atoms with E-state index >= 15 is 0 Å². The second kappa shape index (κ2) is 12.7. The number of ether oxygens (including phenoxy) is 2. The molecule has 3 aromatic rings. The largest absolute Gasteiger partial charge is 0.490 e. The molecule has 1 amide bonds. The van der Waals surface area contributed by atoms with Crippen LogP contribution in [0.1, 0.15) is 29.2 Å². The number of carbonyl (C=O) groups excluding carboxylic acids is 1. The summed E-state index contributed by atoms with van der Waals surface area (Å²) in [6.45, 7) is 8.43. The molecule has 0 aliphatic heterocycles. The summed E-state index contributed by atoms with van der Waals surface area (Å²) < 4.78 is 12.0. The van der Waals surface area contributed by atoms with E-state index in [0.717, 1.165) is 16.7 Å². The van der Waals surface area contributed by atoms with E-state index in [4.69, 9.17) is 9.47 Å². The van der Waals surface area contributed by atoms with Gasteiger partial charge in [0.25, 0.3) is 11.6 Å². The molecule has 1 N–H and O–H groups in total. The van der Waals surface area contributed by atoms with Gasteiger partial charge in [0.2, 0.25) is 0 Å². The maximum atomic E-state index is 12.8. The van der Waals surface area contributed by atoms with Gasteiger partial charge in [-0.25, -0.2) is 0 Å². The number of hydrogen-bond donors (Lipinski definition) is 1. The first-order valence-corrected chi connectivity index (χ1v) is 11.6. The van der Waals surface area contributed by atoms with Gasteiger partial charge in [0.15, 0.2) is 11.5 Å². The zero-order valence-corrected chi connectivity index (χ0v) is 20.7. The van der Waals surface area contributed by atoms with Gasteiger partial charge in [-0.1, -0.05) is 42.0 Å². The fraction of sp³-hybridized carbons (Fsp3) is 0.172. The third-order valence-electron chi connectivity index (χ3n) is 5.31. The Morgan fingerprint density at radius 1 is 1.16 bits per heavy atom. The predicted octanol–water partition coefficient (Wildman–Crippen LogP) is 6.16. The number of nitro benzene ring substituents is 1. The molecule has 3 rings (SSSR count). The molecule has 0 bridgehead atoms. The van der Waals surface area contributed by atoms with E-state index in [-0.39, 0.29) is 16.9 Å². The first-order valence-electron chi connectivity index (χ1n) is 11.6. The van der Waals surface area contributed by atoms with Gasteiger partial charge in [-0.15, -0.1) is 6.58 Å². The van der Waals surface area contributed by atoms with Crippen LogP contribution in [0, 0.1) is 28.4 Å². The van der Waals surface area contributed by atoms with Crippen molar-refractivity contribution in [2.75, 3.05) is 11.9 Å². The summed E-state index contributed by atoms with van der Waals surface area (Å²) in [5.74, 6) is 0.363. The van der Waals surface area contributed by atoms with Crippen molar-refractivity contribution in [2.24, 2.45) is 0 Å². The van der Waals surface area contributed by atoms with Crippen LogP contribution >= 0.6 is 0 Å². The molecule has 3 aromatic carbocycles. The number of nitro groups is 1. The molecule has 8 heteroatoms. The lowest BCUT2D eigenvalue weighted by molar-refractivity contribution is -0.384. The van der Waals surface area contributed by atoms with Gasteiger partial charge < -0.3 is 14.8 Å². The molecule has 37 heavy (non-hydrogen) atoms. The predicted molar refractivity (Wildman–Crippen MR) is 142 cm³/mol. The Morgan fingerprint density at radius 3 is 2.57 bits per heavy atom. The van der Waals surface area contributed by atoms with Crippen LogP contribution in [0.2, 0.25) is 0 Å². The molecule has 0 aliphatic carbocycles. The van der Waals surface area contributed by atoms with Gasteiger partial charge in [-0.3, -0.25) is 14.9 Å². The lowest BCUT2D eigenvalue weighted by Gasteiger charge is -2.17. The molecule has 0 unspecified atom stereocenters. The number of allylic oxidation sites excluding steroid dienone is 1. The average Bonchev–Trinajstić information content (AvgIpc) is 2.88. The van der Waals surface area contributed by atoms with Gasteiger partial charge >= 0.3 is 0 Å². The number of rotatable bonds is 11. The fourth-order valence-corrected chi connectivity index (χ4v) is 3.55. The molecule has 0 atom stereocenters. The minimum absolute atomic E-state index is 0.170. The van der Waals surface area contributed by atoms with Gasteiger partial charge in [0.1, 0.15) is 18.2 Å². The zero-order chi connectivity index (χ0) is 26.8. The number of hydrogen-bond acceptors (Lipinski definition) is 6. The van der Waals surface area contributed by atoms with Gasteiger partial charge in [-0.05, 0) is 55.7 Å². The summed E-state index contributed by atoms with van der Waals surface area (Å²) in [7, 11) is 0. The first-order chi connectivity index (χ1) is 17.8. The minimum atomic E-state index is -0.689. The number of carbonyl (C=O) groups is 1. The van der Waals surface area contributed by atoms with Crippen molar-refractivity contribution in [3.63, 3.8) is 0 Å². The molecule has 8 nitrogen and oxygen atoms in total. The van der Waals surface area contributed by atoms with Crippen LogP contribution in [-0.2, 0) is 17.8 Å². The number of benzene rings is 3. The van der Waals surface area contributed by atoms with E-state index < -0.39 is 10.8 Å². The molecule has 188 valence electrons. The summed E-state index contributed by atoms with van der Waals surface area (Å²) >= 11 is 0. The quantitative estimate of drug-likeness (QED) is 0.112. The summed E-state index contributed by atoms with van der Waals surface area (Å²) in [5, 5.41) is 23.2. The van der Waals surface area contributed by atoms with Crippen molar-refractivity contribution in [3.8, 4) is 17.6 Å². The number of non-ortho nitro benzene ring substituents is 1. The molecule has 0 heterocycles. The molecule has 0 aliphatic rings. The number of aryl methyl sites for hydroxylation is 1. The summed E-state index contributed by atoms with van der Waals surface area (Å²) in [6.07, 6.45) is 3.65. The third-order valence-corrected chi connectivity index (χ3v) is 5.31. The Kier molecular flexibility index (Phi) is 9.17. The van der Waals surface area contributed by atoms with Crippen molar-refractivity contribution in [1.29, 1.82) is 5.26 Å². The monoisotopic (exact) mass is 497 g/mol.